The fourth-order valence-electron chi connectivity index (χ4n) is 1.76. The summed E-state index contributed by atoms with van der Waals surface area (Å²) < 4.78 is 7.00. The van der Waals surface area contributed by atoms with E-state index in [-0.39, 0.29) is 6.61 Å². The van der Waals surface area contributed by atoms with E-state index in [4.69, 9.17) is 15.4 Å². The van der Waals surface area contributed by atoms with Gasteiger partial charge >= 0.3 is 0 Å². The molecule has 6 nitrogen and oxygen atoms in total. The molecule has 1 unspecified atom stereocenters. The van der Waals surface area contributed by atoms with Crippen LogP contribution in [0.15, 0.2) is 17.0 Å². The van der Waals surface area contributed by atoms with Crippen LogP contribution in [0.4, 0.5) is 0 Å². The summed E-state index contributed by atoms with van der Waals surface area (Å²) in [7, 11) is 0. The van der Waals surface area contributed by atoms with Crippen LogP contribution in [0.3, 0.4) is 0 Å². The maximum Gasteiger partial charge on any atom is 0.138 e. The highest BCUT2D eigenvalue weighted by Gasteiger charge is 2.14. The molecule has 6 heteroatoms. The Balaban J connectivity index is 2.28. The van der Waals surface area contributed by atoms with Gasteiger partial charge in [-0.1, -0.05) is 5.16 Å². The molecule has 0 radical (unpaired) electrons. The summed E-state index contributed by atoms with van der Waals surface area (Å²) >= 11 is 0. The van der Waals surface area contributed by atoms with E-state index in [1.165, 1.54) is 0 Å². The fraction of sp³-hybridized carbons (Fsp3) is 0.455. The highest BCUT2D eigenvalue weighted by Crippen LogP contribution is 2.17. The van der Waals surface area contributed by atoms with E-state index in [1.807, 2.05) is 18.4 Å². The van der Waals surface area contributed by atoms with Crippen molar-refractivity contribution in [2.45, 2.75) is 26.4 Å². The first-order valence-electron chi connectivity index (χ1n) is 5.41. The SMILES string of the molecule is Cc1noc(C)c1Cn1cncc1C(N)CO. The van der Waals surface area contributed by atoms with Gasteiger partial charge in [0.2, 0.25) is 0 Å². The lowest BCUT2D eigenvalue weighted by Crippen LogP contribution is -2.19. The molecule has 2 aromatic rings. The Morgan fingerprint density at radius 3 is 2.88 bits per heavy atom. The number of aliphatic hydroxyl groups excluding tert-OH is 1. The smallest absolute Gasteiger partial charge is 0.138 e. The summed E-state index contributed by atoms with van der Waals surface area (Å²) in [5.74, 6) is 0.791. The van der Waals surface area contributed by atoms with Gasteiger partial charge in [0.25, 0.3) is 0 Å². The lowest BCUT2D eigenvalue weighted by molar-refractivity contribution is 0.263. The van der Waals surface area contributed by atoms with Gasteiger partial charge < -0.3 is 19.9 Å². The number of rotatable bonds is 4. The van der Waals surface area contributed by atoms with Gasteiger partial charge in [-0.05, 0) is 13.8 Å². The van der Waals surface area contributed by atoms with Crippen LogP contribution >= 0.6 is 0 Å². The fourth-order valence-corrected chi connectivity index (χ4v) is 1.76. The molecule has 0 aliphatic rings. The van der Waals surface area contributed by atoms with Crippen LogP contribution in [0.1, 0.15) is 28.8 Å². The number of aromatic nitrogens is 3. The molecule has 0 aliphatic heterocycles. The number of aryl methyl sites for hydroxylation is 2. The van der Waals surface area contributed by atoms with Crippen molar-refractivity contribution in [3.8, 4) is 0 Å². The van der Waals surface area contributed by atoms with Crippen molar-refractivity contribution < 1.29 is 9.63 Å². The van der Waals surface area contributed by atoms with Crippen LogP contribution in [0, 0.1) is 13.8 Å². The minimum absolute atomic E-state index is 0.104. The third-order valence-electron chi connectivity index (χ3n) is 2.83. The van der Waals surface area contributed by atoms with Crippen molar-refractivity contribution in [2.75, 3.05) is 6.61 Å². The Morgan fingerprint density at radius 1 is 1.53 bits per heavy atom. The summed E-state index contributed by atoms with van der Waals surface area (Å²) in [6.07, 6.45) is 3.36. The molecule has 17 heavy (non-hydrogen) atoms. The van der Waals surface area contributed by atoms with Crippen LogP contribution in [-0.4, -0.2) is 26.4 Å². The van der Waals surface area contributed by atoms with E-state index in [9.17, 15) is 0 Å². The second kappa shape index (κ2) is 4.68. The molecule has 3 N–H and O–H groups in total. The van der Waals surface area contributed by atoms with E-state index < -0.39 is 6.04 Å². The third-order valence-corrected chi connectivity index (χ3v) is 2.83. The largest absolute Gasteiger partial charge is 0.394 e. The summed E-state index contributed by atoms with van der Waals surface area (Å²) in [5, 5.41) is 13.0. The van der Waals surface area contributed by atoms with E-state index in [1.54, 1.807) is 12.5 Å². The summed E-state index contributed by atoms with van der Waals surface area (Å²) in [6.45, 7) is 4.27. The molecule has 2 heterocycles. The lowest BCUT2D eigenvalue weighted by atomic mass is 10.2. The van der Waals surface area contributed by atoms with Gasteiger partial charge in [-0.15, -0.1) is 0 Å². The first-order chi connectivity index (χ1) is 8.13. The monoisotopic (exact) mass is 236 g/mol. The quantitative estimate of drug-likeness (QED) is 0.808. The lowest BCUT2D eigenvalue weighted by Gasteiger charge is -2.12. The van der Waals surface area contributed by atoms with E-state index in [2.05, 4.69) is 10.1 Å². The van der Waals surface area contributed by atoms with Gasteiger partial charge in [0.1, 0.15) is 5.76 Å². The molecule has 0 aliphatic carbocycles. The van der Waals surface area contributed by atoms with Gasteiger partial charge in [-0.2, -0.15) is 0 Å². The molecule has 0 saturated carbocycles. The molecular formula is C11H16N4O2. The molecule has 0 saturated heterocycles. The average Bonchev–Trinajstić information content (AvgIpc) is 2.90. The zero-order valence-corrected chi connectivity index (χ0v) is 9.92. The van der Waals surface area contributed by atoms with Gasteiger partial charge in [-0.25, -0.2) is 4.98 Å². The number of nitrogens with two attached hydrogens (primary N) is 1. The predicted molar refractivity (Wildman–Crippen MR) is 61.3 cm³/mol. The number of hydrogen-bond donors (Lipinski definition) is 2. The zero-order valence-electron chi connectivity index (χ0n) is 9.92. The van der Waals surface area contributed by atoms with Gasteiger partial charge in [0.15, 0.2) is 0 Å². The Bertz CT molecular complexity index is 484. The second-order valence-corrected chi connectivity index (χ2v) is 4.04. The van der Waals surface area contributed by atoms with Crippen LogP contribution < -0.4 is 5.73 Å². The first-order valence-corrected chi connectivity index (χ1v) is 5.41. The minimum atomic E-state index is -0.419. The maximum absolute atomic E-state index is 9.07. The van der Waals surface area contributed by atoms with Crippen molar-refractivity contribution in [2.24, 2.45) is 5.73 Å². The molecule has 0 bridgehead atoms. The first kappa shape index (κ1) is 11.8. The number of aliphatic hydroxyl groups is 1. The maximum atomic E-state index is 9.07. The Labute approximate surface area is 99.1 Å². The molecule has 2 aromatic heterocycles. The van der Waals surface area contributed by atoms with Gasteiger partial charge in [0.05, 0.1) is 36.9 Å². The van der Waals surface area contributed by atoms with Crippen LogP contribution in [0.5, 0.6) is 0 Å². The molecular weight excluding hydrogens is 220 g/mol. The topological polar surface area (TPSA) is 90.1 Å². The molecule has 0 spiro atoms. The summed E-state index contributed by atoms with van der Waals surface area (Å²) in [4.78, 5) is 4.05. The van der Waals surface area contributed by atoms with Crippen LogP contribution in [-0.2, 0) is 6.54 Å². The molecule has 1 atom stereocenters. The predicted octanol–water partition coefficient (Wildman–Crippen LogP) is 0.528. The molecule has 2 rings (SSSR count). The Kier molecular flexibility index (Phi) is 3.26. The normalized spacial score (nSPS) is 12.9. The van der Waals surface area contributed by atoms with Crippen molar-refractivity contribution >= 4 is 0 Å². The summed E-state index contributed by atoms with van der Waals surface area (Å²) in [6, 6.07) is -0.419. The Hall–Kier alpha value is -1.66. The van der Waals surface area contributed by atoms with Crippen molar-refractivity contribution in [1.82, 2.24) is 14.7 Å². The zero-order chi connectivity index (χ0) is 12.4. The summed E-state index contributed by atoms with van der Waals surface area (Å²) in [5.41, 5.74) is 8.48. The van der Waals surface area contributed by atoms with Gasteiger partial charge in [-0.3, -0.25) is 0 Å². The van der Waals surface area contributed by atoms with E-state index in [0.29, 0.717) is 6.54 Å². The van der Waals surface area contributed by atoms with Crippen molar-refractivity contribution in [3.63, 3.8) is 0 Å². The minimum Gasteiger partial charge on any atom is -0.394 e. The van der Waals surface area contributed by atoms with E-state index in [0.717, 1.165) is 22.7 Å². The Morgan fingerprint density at radius 2 is 2.29 bits per heavy atom. The van der Waals surface area contributed by atoms with Gasteiger partial charge in [0, 0.05) is 11.8 Å². The average molecular weight is 236 g/mol. The molecule has 92 valence electrons. The number of hydrogen-bond acceptors (Lipinski definition) is 5. The second-order valence-electron chi connectivity index (χ2n) is 4.04. The van der Waals surface area contributed by atoms with Crippen LogP contribution in [0.25, 0.3) is 0 Å². The van der Waals surface area contributed by atoms with Crippen molar-refractivity contribution in [1.29, 1.82) is 0 Å². The molecule has 0 amide bonds. The molecule has 0 aromatic carbocycles. The number of imidazole rings is 1. The highest BCUT2D eigenvalue weighted by molar-refractivity contribution is 5.22. The van der Waals surface area contributed by atoms with E-state index >= 15 is 0 Å². The van der Waals surface area contributed by atoms with Crippen LogP contribution in [0.2, 0.25) is 0 Å². The standard InChI is InChI=1S/C11H16N4O2/c1-7-9(8(2)17-14-7)4-15-6-13-3-11(15)10(12)5-16/h3,6,10,16H,4-5,12H2,1-2H3. The number of nitrogens with zero attached hydrogens (tertiary/aromatic N) is 3. The highest BCUT2D eigenvalue weighted by atomic mass is 16.5. The van der Waals surface area contributed by atoms with Crippen molar-refractivity contribution in [3.05, 3.63) is 35.2 Å². The third kappa shape index (κ3) is 2.22. The molecule has 0 fully saturated rings.